The van der Waals surface area contributed by atoms with Gasteiger partial charge in [-0.15, -0.1) is 45.1 Å². The van der Waals surface area contributed by atoms with Crippen molar-refractivity contribution in [3.8, 4) is 17.3 Å². The minimum Gasteiger partial charge on any atom is -0.543 e. The fourth-order valence-electron chi connectivity index (χ4n) is 5.01. The molecular formula is C30H29N9O10S4. The molecule has 0 radical (unpaired) electrons. The summed E-state index contributed by atoms with van der Waals surface area (Å²) in [6, 6.07) is 3.11. The Hall–Kier alpha value is -4.94. The molecule has 4 aromatic rings. The maximum Gasteiger partial charge on any atom is 0.277 e. The van der Waals surface area contributed by atoms with E-state index < -0.39 is 46.4 Å². The third kappa shape index (κ3) is 8.49. The number of carbonyl (C=O) groups excluding carboxylic acids is 3. The predicted molar refractivity (Wildman–Crippen MR) is 189 cm³/mol. The number of nitrogen functional groups attached to an aromatic ring is 1. The number of thiazole rings is 1. The number of nitrogens with one attached hydrogen (secondary N) is 2. The monoisotopic (exact) mass is 803 g/mol. The number of hydrogen-bond acceptors (Lipinski definition) is 19. The second-order valence-electron chi connectivity index (χ2n) is 11.1. The number of aliphatic carboxylic acids is 1. The number of nitrogens with zero attached hydrogens (tertiary/aromatic N) is 6. The molecule has 0 unspecified atom stereocenters. The summed E-state index contributed by atoms with van der Waals surface area (Å²) in [6.45, 7) is -0.498. The largest absolute Gasteiger partial charge is 0.543 e. The number of thioether (sulfide) groups is 3. The number of oxime groups is 1. The SMILES string of the molecule is Nc1nc(/C(=N/OCCSc2nnc(-c3cc(=O)c(O)c[nH]3)o2)C(=O)N[C@@H]2C(=O)N3C(C(=O)[O-])=C(CSc4cc[n+](C(CO)CO)cc4)CS[C@H]23)cs1. The molecule has 1 fully saturated rings. The van der Waals surface area contributed by atoms with E-state index in [0.29, 0.717) is 5.57 Å². The molecule has 0 bridgehead atoms. The Morgan fingerprint density at radius 1 is 1.25 bits per heavy atom. The minimum absolute atomic E-state index is 0.0275. The lowest BCUT2D eigenvalue weighted by Gasteiger charge is -2.50. The van der Waals surface area contributed by atoms with Crippen molar-refractivity contribution in [2.45, 2.75) is 27.6 Å². The zero-order valence-corrected chi connectivity index (χ0v) is 30.4. The lowest BCUT2D eigenvalue weighted by atomic mass is 10.0. The Labute approximate surface area is 315 Å². The van der Waals surface area contributed by atoms with Gasteiger partial charge in [-0.1, -0.05) is 16.9 Å². The fraction of sp³-hybridized carbons (Fsp3) is 0.300. The molecule has 1 saturated heterocycles. The highest BCUT2D eigenvalue weighted by molar-refractivity contribution is 8.01. The van der Waals surface area contributed by atoms with Crippen LogP contribution in [0.3, 0.4) is 0 Å². The first-order valence-corrected chi connectivity index (χ1v) is 19.3. The van der Waals surface area contributed by atoms with E-state index in [1.807, 2.05) is 0 Å². The number of aromatic amines is 1. The van der Waals surface area contributed by atoms with Crippen LogP contribution in [-0.2, 0) is 19.2 Å². The van der Waals surface area contributed by atoms with E-state index in [1.165, 1.54) is 28.9 Å². The number of nitrogens with two attached hydrogens (primary N) is 1. The Morgan fingerprint density at radius 3 is 2.70 bits per heavy atom. The molecular weight excluding hydrogens is 775 g/mol. The summed E-state index contributed by atoms with van der Waals surface area (Å²) in [6.07, 6.45) is 4.50. The number of carbonyl (C=O) groups is 3. The molecule has 7 N–H and O–H groups in total. The van der Waals surface area contributed by atoms with Gasteiger partial charge in [0.05, 0.1) is 11.7 Å². The number of aromatic nitrogens is 5. The van der Waals surface area contributed by atoms with Crippen LogP contribution in [0.15, 0.2) is 77.9 Å². The van der Waals surface area contributed by atoms with Crippen LogP contribution >= 0.6 is 46.6 Å². The number of pyridine rings is 2. The van der Waals surface area contributed by atoms with Crippen LogP contribution in [0, 0.1) is 0 Å². The number of aromatic hydroxyl groups is 1. The van der Waals surface area contributed by atoms with E-state index in [1.54, 1.807) is 29.1 Å². The summed E-state index contributed by atoms with van der Waals surface area (Å²) < 4.78 is 7.17. The summed E-state index contributed by atoms with van der Waals surface area (Å²) in [5.74, 6) is -2.61. The molecule has 0 aliphatic carbocycles. The van der Waals surface area contributed by atoms with E-state index in [4.69, 9.17) is 15.0 Å². The summed E-state index contributed by atoms with van der Waals surface area (Å²) in [5.41, 5.74) is 5.47. The van der Waals surface area contributed by atoms with Crippen LogP contribution in [0.25, 0.3) is 11.6 Å². The van der Waals surface area contributed by atoms with E-state index >= 15 is 0 Å². The van der Waals surface area contributed by atoms with Crippen LogP contribution in [0.5, 0.6) is 5.75 Å². The highest BCUT2D eigenvalue weighted by Gasteiger charge is 2.53. The van der Waals surface area contributed by atoms with Gasteiger partial charge in [0.15, 0.2) is 29.0 Å². The van der Waals surface area contributed by atoms with Crippen molar-refractivity contribution in [3.63, 3.8) is 0 Å². The molecule has 2 aliphatic heterocycles. The van der Waals surface area contributed by atoms with Gasteiger partial charge in [-0.2, -0.15) is 4.57 Å². The van der Waals surface area contributed by atoms with Crippen molar-refractivity contribution in [1.82, 2.24) is 30.4 Å². The molecule has 2 atom stereocenters. The molecule has 2 aliphatic rings. The van der Waals surface area contributed by atoms with Crippen LogP contribution in [0.1, 0.15) is 11.7 Å². The van der Waals surface area contributed by atoms with Crippen molar-refractivity contribution >= 4 is 75.2 Å². The summed E-state index contributed by atoms with van der Waals surface area (Å²) in [4.78, 5) is 64.8. The van der Waals surface area contributed by atoms with Crippen molar-refractivity contribution in [1.29, 1.82) is 0 Å². The number of β-lactam (4-membered cyclic amide) rings is 1. The number of amides is 2. The number of fused-ring (bicyclic) bond motifs is 1. The molecule has 4 aromatic heterocycles. The predicted octanol–water partition coefficient (Wildman–Crippen LogP) is -1.31. The number of carboxylic acids is 1. The van der Waals surface area contributed by atoms with E-state index in [2.05, 4.69) is 30.6 Å². The van der Waals surface area contributed by atoms with Crippen molar-refractivity contribution in [2.24, 2.45) is 5.16 Å². The first-order chi connectivity index (χ1) is 25.6. The van der Waals surface area contributed by atoms with E-state index in [-0.39, 0.29) is 76.1 Å². The van der Waals surface area contributed by atoms with Gasteiger partial charge in [0.1, 0.15) is 42.6 Å². The number of rotatable bonds is 16. The maximum absolute atomic E-state index is 13.5. The van der Waals surface area contributed by atoms with Crippen LogP contribution in [-0.4, -0.2) is 112 Å². The molecule has 2 amide bonds. The van der Waals surface area contributed by atoms with Crippen LogP contribution in [0.2, 0.25) is 0 Å². The quantitative estimate of drug-likeness (QED) is 0.0191. The molecule has 0 aromatic carbocycles. The number of hydrogen-bond donors (Lipinski definition) is 6. The summed E-state index contributed by atoms with van der Waals surface area (Å²) >= 11 is 4.81. The van der Waals surface area contributed by atoms with Gasteiger partial charge < -0.3 is 50.5 Å². The Morgan fingerprint density at radius 2 is 2.02 bits per heavy atom. The molecule has 0 saturated carbocycles. The summed E-state index contributed by atoms with van der Waals surface area (Å²) in [5, 5.41) is 55.9. The number of H-pyrrole nitrogens is 1. The lowest BCUT2D eigenvalue weighted by molar-refractivity contribution is -0.726. The smallest absolute Gasteiger partial charge is 0.277 e. The molecule has 53 heavy (non-hydrogen) atoms. The molecule has 6 rings (SSSR count). The zero-order chi connectivity index (χ0) is 37.6. The van der Waals surface area contributed by atoms with Gasteiger partial charge in [-0.05, 0) is 5.57 Å². The normalized spacial score (nSPS) is 17.2. The highest BCUT2D eigenvalue weighted by atomic mass is 32.2. The van der Waals surface area contributed by atoms with Gasteiger partial charge in [-0.25, -0.2) is 4.98 Å². The first-order valence-electron chi connectivity index (χ1n) is 15.4. The molecule has 0 spiro atoms. The number of anilines is 1. The lowest BCUT2D eigenvalue weighted by Crippen LogP contribution is -2.71. The third-order valence-corrected chi connectivity index (χ3v) is 11.6. The van der Waals surface area contributed by atoms with Crippen molar-refractivity contribution in [2.75, 3.05) is 42.8 Å². The van der Waals surface area contributed by atoms with E-state index in [0.717, 1.165) is 45.2 Å². The Kier molecular flexibility index (Phi) is 12.0. The van der Waals surface area contributed by atoms with E-state index in [9.17, 15) is 39.6 Å². The zero-order valence-electron chi connectivity index (χ0n) is 27.1. The molecule has 19 nitrogen and oxygen atoms in total. The second-order valence-corrected chi connectivity index (χ2v) is 15.1. The Balaban J connectivity index is 1.06. The summed E-state index contributed by atoms with van der Waals surface area (Å²) in [7, 11) is 0. The minimum atomic E-state index is -1.51. The first kappa shape index (κ1) is 37.8. The topological polar surface area (TPSA) is 286 Å². The van der Waals surface area contributed by atoms with Crippen molar-refractivity contribution in [3.05, 3.63) is 69.4 Å². The molecule has 6 heterocycles. The van der Waals surface area contributed by atoms with Crippen LogP contribution in [0.4, 0.5) is 5.13 Å². The molecule has 278 valence electrons. The average molecular weight is 804 g/mol. The highest BCUT2D eigenvalue weighted by Crippen LogP contribution is 2.41. The molecule has 23 heteroatoms. The van der Waals surface area contributed by atoms with Gasteiger partial charge in [0.2, 0.25) is 11.5 Å². The Bertz CT molecular complexity index is 2120. The number of aliphatic hydroxyl groups is 2. The fourth-order valence-corrected chi connectivity index (χ4v) is 8.50. The number of aliphatic hydroxyl groups excluding tert-OH is 2. The standard InChI is InChI=1S/C30H29N9O10S4/c31-29-33-18(13-53-29)21(37-48-5-6-50-30-36-35-25(49-30)17-7-19(42)20(43)8-32-17)24(44)34-22-26(45)39-23(28(46)47)14(12-52-27(22)39)11-51-16-1-3-38(4-2-16)15(9-40)10-41/h1-4,7-8,13,15,22,27,40-41H,5-6,9-12H2,(H5-,31,32,33,34,35,37,42,43,44,46,47)/t22-,27-/m1/s1. The van der Waals surface area contributed by atoms with Gasteiger partial charge >= 0.3 is 0 Å². The van der Waals surface area contributed by atoms with Gasteiger partial charge in [0, 0.05) is 51.9 Å². The maximum atomic E-state index is 13.5. The third-order valence-electron chi connectivity index (χ3n) is 7.67. The van der Waals surface area contributed by atoms with Crippen LogP contribution < -0.4 is 26.2 Å². The second kappa shape index (κ2) is 16.8. The van der Waals surface area contributed by atoms with Gasteiger partial charge in [0.25, 0.3) is 22.9 Å². The average Bonchev–Trinajstić information content (AvgIpc) is 3.81. The van der Waals surface area contributed by atoms with Gasteiger partial charge in [-0.3, -0.25) is 19.3 Å². The number of carboxylic acid groups (broad SMARTS) is 1. The van der Waals surface area contributed by atoms with Crippen molar-refractivity contribution < 1.29 is 48.6 Å².